The molecule has 1 aromatic carbocycles. The van der Waals surface area contributed by atoms with Crippen LogP contribution in [0, 0.1) is 32.0 Å². The summed E-state index contributed by atoms with van der Waals surface area (Å²) in [6.07, 6.45) is 7.07. The van der Waals surface area contributed by atoms with E-state index in [1.54, 1.807) is 29.9 Å². The highest BCUT2D eigenvalue weighted by molar-refractivity contribution is 7.15. The normalized spacial score (nSPS) is 19.3. The van der Waals surface area contributed by atoms with Gasteiger partial charge in [0.25, 0.3) is 0 Å². The highest BCUT2D eigenvalue weighted by atomic mass is 32.1. The van der Waals surface area contributed by atoms with Gasteiger partial charge in [0.05, 0.1) is 24.0 Å². The average Bonchev–Trinajstić information content (AvgIpc) is 3.77. The van der Waals surface area contributed by atoms with Crippen molar-refractivity contribution in [1.82, 2.24) is 25.1 Å². The van der Waals surface area contributed by atoms with Gasteiger partial charge in [0.1, 0.15) is 28.9 Å². The summed E-state index contributed by atoms with van der Waals surface area (Å²) >= 11 is 1.70. The molecule has 3 aliphatic heterocycles. The second-order valence-electron chi connectivity index (χ2n) is 11.1. The van der Waals surface area contributed by atoms with Gasteiger partial charge < -0.3 is 14.6 Å². The Bertz CT molecular complexity index is 1560. The SMILES string of the molecule is CC.Cc1sc2c(c1C)C(c1ccc(N3CCC4(CCNC4)CC3)c(F)c1)=NC(Cc1ncco1)c1nnc(C)n1-2. The zero-order valence-electron chi connectivity index (χ0n) is 24.5. The highest BCUT2D eigenvalue weighted by Crippen LogP contribution is 2.41. The molecule has 0 saturated carbocycles. The minimum Gasteiger partial charge on any atom is -0.449 e. The maximum atomic E-state index is 15.9. The standard InChI is InChI=1S/C29H32FN7OS.C2H6/c1-17-18(2)39-28-25(17)26(33-22(15-24-32-10-13-38-24)27-35-34-19(3)37(27)28)20-4-5-23(21(30)14-20)36-11-7-29(8-12-36)6-9-31-16-29;1-2/h4-5,10,13-14,22,31H,6-9,11-12,15-16H2,1-3H3;1-2H3. The quantitative estimate of drug-likeness (QED) is 0.316. The molecule has 6 heterocycles. The number of aliphatic imine (C=N–C) groups is 1. The summed E-state index contributed by atoms with van der Waals surface area (Å²) in [7, 11) is 0. The van der Waals surface area contributed by atoms with Crippen molar-refractivity contribution in [3.63, 3.8) is 0 Å². The van der Waals surface area contributed by atoms with Crippen LogP contribution in [0.1, 0.15) is 78.3 Å². The maximum absolute atomic E-state index is 15.9. The van der Waals surface area contributed by atoms with Crippen LogP contribution in [-0.4, -0.2) is 51.6 Å². The molecule has 0 radical (unpaired) electrons. The molecule has 10 heteroatoms. The molecule has 0 amide bonds. The van der Waals surface area contributed by atoms with Crippen molar-refractivity contribution < 1.29 is 8.81 Å². The number of hydrogen-bond acceptors (Lipinski definition) is 8. The van der Waals surface area contributed by atoms with Crippen molar-refractivity contribution in [1.29, 1.82) is 0 Å². The number of fused-ring (bicyclic) bond motifs is 3. The third kappa shape index (κ3) is 4.91. The second kappa shape index (κ2) is 11.1. The zero-order chi connectivity index (χ0) is 28.7. The van der Waals surface area contributed by atoms with E-state index in [-0.39, 0.29) is 11.9 Å². The number of piperidine rings is 1. The molecule has 0 bridgehead atoms. The first kappa shape index (κ1) is 27.8. The van der Waals surface area contributed by atoms with Crippen LogP contribution >= 0.6 is 11.3 Å². The molecule has 3 aliphatic rings. The first-order valence-corrected chi connectivity index (χ1v) is 15.5. The van der Waals surface area contributed by atoms with Gasteiger partial charge in [-0.25, -0.2) is 9.37 Å². The molecule has 3 aromatic heterocycles. The van der Waals surface area contributed by atoms with Crippen molar-refractivity contribution in [3.8, 4) is 5.00 Å². The number of halogens is 1. The van der Waals surface area contributed by atoms with Gasteiger partial charge in [0.2, 0.25) is 0 Å². The van der Waals surface area contributed by atoms with E-state index in [1.807, 2.05) is 32.9 Å². The Morgan fingerprint density at radius 1 is 1.12 bits per heavy atom. The van der Waals surface area contributed by atoms with Crippen LogP contribution in [0.15, 0.2) is 40.1 Å². The first-order chi connectivity index (χ1) is 19.9. The number of rotatable bonds is 4. The summed E-state index contributed by atoms with van der Waals surface area (Å²) in [4.78, 5) is 13.0. The summed E-state index contributed by atoms with van der Waals surface area (Å²) in [5, 5.41) is 13.4. The smallest absolute Gasteiger partial charge is 0.196 e. The lowest BCUT2D eigenvalue weighted by molar-refractivity contribution is 0.247. The number of aryl methyl sites for hydroxylation is 2. The topological polar surface area (TPSA) is 84.4 Å². The van der Waals surface area contributed by atoms with Crippen LogP contribution in [0.25, 0.3) is 5.00 Å². The molecule has 2 saturated heterocycles. The van der Waals surface area contributed by atoms with E-state index >= 15 is 4.39 Å². The molecule has 1 N–H and O–H groups in total. The number of benzene rings is 1. The van der Waals surface area contributed by atoms with Crippen molar-refractivity contribution >= 4 is 22.7 Å². The summed E-state index contributed by atoms with van der Waals surface area (Å²) < 4.78 is 23.5. The Morgan fingerprint density at radius 3 is 2.61 bits per heavy atom. The predicted molar refractivity (Wildman–Crippen MR) is 161 cm³/mol. The Labute approximate surface area is 244 Å². The van der Waals surface area contributed by atoms with Gasteiger partial charge in [-0.1, -0.05) is 19.9 Å². The molecule has 2 fully saturated rings. The van der Waals surface area contributed by atoms with Gasteiger partial charge in [-0.3, -0.25) is 9.56 Å². The molecular formula is C31H38FN7OS. The van der Waals surface area contributed by atoms with Gasteiger partial charge in [-0.15, -0.1) is 21.5 Å². The Kier molecular flexibility index (Phi) is 7.54. The largest absolute Gasteiger partial charge is 0.449 e. The fourth-order valence-electron chi connectivity index (χ4n) is 6.40. The number of oxazole rings is 1. The fraction of sp³-hybridized carbons (Fsp3) is 0.484. The lowest BCUT2D eigenvalue weighted by Crippen LogP contribution is -2.41. The second-order valence-corrected chi connectivity index (χ2v) is 12.3. The zero-order valence-corrected chi connectivity index (χ0v) is 25.3. The Hall–Kier alpha value is -3.37. The minimum absolute atomic E-state index is 0.203. The number of hydrogen-bond donors (Lipinski definition) is 1. The van der Waals surface area contributed by atoms with Crippen LogP contribution in [0.4, 0.5) is 10.1 Å². The Morgan fingerprint density at radius 2 is 1.93 bits per heavy atom. The van der Waals surface area contributed by atoms with E-state index in [9.17, 15) is 0 Å². The predicted octanol–water partition coefficient (Wildman–Crippen LogP) is 6.12. The number of nitrogens with one attached hydrogen (secondary N) is 1. The molecule has 216 valence electrons. The van der Waals surface area contributed by atoms with Crippen LogP contribution in [0.5, 0.6) is 0 Å². The van der Waals surface area contributed by atoms with Crippen LogP contribution < -0.4 is 10.2 Å². The first-order valence-electron chi connectivity index (χ1n) is 14.7. The maximum Gasteiger partial charge on any atom is 0.196 e. The molecule has 4 aromatic rings. The molecule has 8 nitrogen and oxygen atoms in total. The van der Waals surface area contributed by atoms with Gasteiger partial charge in [0.15, 0.2) is 11.7 Å². The van der Waals surface area contributed by atoms with Crippen molar-refractivity contribution in [2.75, 3.05) is 31.1 Å². The van der Waals surface area contributed by atoms with Gasteiger partial charge in [0, 0.05) is 35.6 Å². The van der Waals surface area contributed by atoms with E-state index < -0.39 is 0 Å². The molecule has 1 spiro atoms. The number of thiophene rings is 1. The fourth-order valence-corrected chi connectivity index (χ4v) is 7.61. The lowest BCUT2D eigenvalue weighted by Gasteiger charge is -2.40. The third-order valence-electron chi connectivity index (χ3n) is 8.81. The lowest BCUT2D eigenvalue weighted by atomic mass is 9.77. The molecular weight excluding hydrogens is 537 g/mol. The van der Waals surface area contributed by atoms with Crippen molar-refractivity contribution in [2.45, 2.75) is 66.3 Å². The molecule has 41 heavy (non-hydrogen) atoms. The number of anilines is 1. The van der Waals surface area contributed by atoms with Crippen molar-refractivity contribution in [2.24, 2.45) is 10.4 Å². The summed E-state index contributed by atoms with van der Waals surface area (Å²) in [6.45, 7) is 14.1. The van der Waals surface area contributed by atoms with Crippen LogP contribution in [0.2, 0.25) is 0 Å². The summed E-state index contributed by atoms with van der Waals surface area (Å²) in [5.41, 5.74) is 4.76. The molecule has 1 unspecified atom stereocenters. The van der Waals surface area contributed by atoms with E-state index in [0.29, 0.717) is 23.4 Å². The minimum atomic E-state index is -0.375. The van der Waals surface area contributed by atoms with E-state index in [4.69, 9.17) is 9.41 Å². The molecule has 1 atom stereocenters. The van der Waals surface area contributed by atoms with Gasteiger partial charge >= 0.3 is 0 Å². The molecule has 0 aliphatic carbocycles. The van der Waals surface area contributed by atoms with Gasteiger partial charge in [-0.2, -0.15) is 0 Å². The van der Waals surface area contributed by atoms with E-state index in [0.717, 1.165) is 78.1 Å². The van der Waals surface area contributed by atoms with E-state index in [1.165, 1.54) is 11.3 Å². The number of nitrogens with zero attached hydrogens (tertiary/aromatic N) is 6. The monoisotopic (exact) mass is 575 g/mol. The number of aromatic nitrogens is 4. The third-order valence-corrected chi connectivity index (χ3v) is 10.0. The molecule has 7 rings (SSSR count). The average molecular weight is 576 g/mol. The Balaban J connectivity index is 0.00000148. The van der Waals surface area contributed by atoms with Crippen LogP contribution in [-0.2, 0) is 6.42 Å². The van der Waals surface area contributed by atoms with Crippen molar-refractivity contribution in [3.05, 3.63) is 75.6 Å². The van der Waals surface area contributed by atoms with Gasteiger partial charge in [-0.05, 0) is 69.7 Å². The van der Waals surface area contributed by atoms with Crippen LogP contribution in [0.3, 0.4) is 0 Å². The van der Waals surface area contributed by atoms with E-state index in [2.05, 4.69) is 43.8 Å². The summed E-state index contributed by atoms with van der Waals surface area (Å²) in [5.74, 6) is 1.91. The highest BCUT2D eigenvalue weighted by Gasteiger charge is 2.38. The summed E-state index contributed by atoms with van der Waals surface area (Å²) in [6, 6.07) is 5.25.